The van der Waals surface area contributed by atoms with Gasteiger partial charge in [-0.15, -0.1) is 0 Å². The van der Waals surface area contributed by atoms with Crippen molar-refractivity contribution in [3.05, 3.63) is 28.2 Å². The summed E-state index contributed by atoms with van der Waals surface area (Å²) in [7, 11) is 0. The van der Waals surface area contributed by atoms with Crippen molar-refractivity contribution in [1.82, 2.24) is 5.32 Å². The fourth-order valence-electron chi connectivity index (χ4n) is 2.07. The SMILES string of the molecule is CC1(C(=O)Nc2ccc(Cl)cc2Cl)CCNCC1. The number of piperidine rings is 1. The molecule has 0 aromatic heterocycles. The van der Waals surface area contributed by atoms with Gasteiger partial charge in [0.1, 0.15) is 0 Å². The summed E-state index contributed by atoms with van der Waals surface area (Å²) in [5, 5.41) is 7.17. The molecule has 1 saturated heterocycles. The van der Waals surface area contributed by atoms with Crippen molar-refractivity contribution in [2.24, 2.45) is 5.41 Å². The molecule has 0 bridgehead atoms. The van der Waals surface area contributed by atoms with E-state index in [4.69, 9.17) is 23.2 Å². The second kappa shape index (κ2) is 5.47. The highest BCUT2D eigenvalue weighted by Gasteiger charge is 2.34. The Balaban J connectivity index is 2.11. The summed E-state index contributed by atoms with van der Waals surface area (Å²) in [5.74, 6) is 0.0215. The summed E-state index contributed by atoms with van der Waals surface area (Å²) < 4.78 is 0. The monoisotopic (exact) mass is 286 g/mol. The molecule has 1 aliphatic rings. The second-order valence-electron chi connectivity index (χ2n) is 4.89. The van der Waals surface area contributed by atoms with Crippen LogP contribution in [0, 0.1) is 5.41 Å². The molecule has 2 N–H and O–H groups in total. The molecular formula is C13H16Cl2N2O. The molecular weight excluding hydrogens is 271 g/mol. The minimum atomic E-state index is -0.325. The van der Waals surface area contributed by atoms with Crippen LogP contribution in [0.15, 0.2) is 18.2 Å². The first-order valence-electron chi connectivity index (χ1n) is 5.98. The van der Waals surface area contributed by atoms with Crippen molar-refractivity contribution in [1.29, 1.82) is 0 Å². The van der Waals surface area contributed by atoms with Crippen LogP contribution in [-0.2, 0) is 4.79 Å². The third kappa shape index (κ3) is 2.97. The van der Waals surface area contributed by atoms with Crippen LogP contribution in [0.25, 0.3) is 0 Å². The van der Waals surface area contributed by atoms with E-state index in [0.29, 0.717) is 15.7 Å². The Bertz CT molecular complexity index is 456. The van der Waals surface area contributed by atoms with Gasteiger partial charge in [-0.25, -0.2) is 0 Å². The highest BCUT2D eigenvalue weighted by atomic mass is 35.5. The van der Waals surface area contributed by atoms with Crippen LogP contribution in [0.3, 0.4) is 0 Å². The van der Waals surface area contributed by atoms with Crippen LogP contribution in [0.4, 0.5) is 5.69 Å². The van der Waals surface area contributed by atoms with Gasteiger partial charge in [0.05, 0.1) is 10.7 Å². The van der Waals surface area contributed by atoms with E-state index in [9.17, 15) is 4.79 Å². The van der Waals surface area contributed by atoms with Crippen molar-refractivity contribution < 1.29 is 4.79 Å². The van der Waals surface area contributed by atoms with Crippen LogP contribution in [0.2, 0.25) is 10.0 Å². The fourth-order valence-corrected chi connectivity index (χ4v) is 2.53. The number of amides is 1. The summed E-state index contributed by atoms with van der Waals surface area (Å²) in [5.41, 5.74) is 0.291. The standard InChI is InChI=1S/C13H16Cl2N2O/c1-13(4-6-16-7-5-13)12(18)17-11-3-2-9(14)8-10(11)15/h2-3,8,16H,4-7H2,1H3,(H,17,18). The van der Waals surface area contributed by atoms with Crippen LogP contribution in [-0.4, -0.2) is 19.0 Å². The van der Waals surface area contributed by atoms with Crippen molar-refractivity contribution in [3.8, 4) is 0 Å². The quantitative estimate of drug-likeness (QED) is 0.876. The van der Waals surface area contributed by atoms with E-state index in [0.717, 1.165) is 25.9 Å². The summed E-state index contributed by atoms with van der Waals surface area (Å²) in [6.45, 7) is 3.74. The van der Waals surface area contributed by atoms with E-state index in [1.807, 2.05) is 6.92 Å². The minimum Gasteiger partial charge on any atom is -0.324 e. The Labute approximate surface area is 117 Å². The summed E-state index contributed by atoms with van der Waals surface area (Å²) in [4.78, 5) is 12.3. The third-order valence-electron chi connectivity index (χ3n) is 3.43. The first-order chi connectivity index (χ1) is 8.51. The van der Waals surface area contributed by atoms with E-state index in [1.165, 1.54) is 0 Å². The molecule has 0 spiro atoms. The lowest BCUT2D eigenvalue weighted by Crippen LogP contribution is -2.42. The van der Waals surface area contributed by atoms with Gasteiger partial charge < -0.3 is 10.6 Å². The molecule has 0 saturated carbocycles. The van der Waals surface area contributed by atoms with Gasteiger partial charge in [-0.1, -0.05) is 30.1 Å². The summed E-state index contributed by atoms with van der Waals surface area (Å²) in [6.07, 6.45) is 1.67. The highest BCUT2D eigenvalue weighted by molar-refractivity contribution is 6.36. The molecule has 3 nitrogen and oxygen atoms in total. The van der Waals surface area contributed by atoms with Crippen molar-refractivity contribution in [3.63, 3.8) is 0 Å². The maximum atomic E-state index is 12.3. The summed E-state index contributed by atoms with van der Waals surface area (Å²) in [6, 6.07) is 5.07. The normalized spacial score (nSPS) is 18.4. The smallest absolute Gasteiger partial charge is 0.230 e. The van der Waals surface area contributed by atoms with Gasteiger partial charge >= 0.3 is 0 Å². The fraction of sp³-hybridized carbons (Fsp3) is 0.462. The maximum Gasteiger partial charge on any atom is 0.230 e. The van der Waals surface area contributed by atoms with E-state index in [-0.39, 0.29) is 11.3 Å². The molecule has 1 fully saturated rings. The predicted molar refractivity (Wildman–Crippen MR) is 75.3 cm³/mol. The van der Waals surface area contributed by atoms with E-state index >= 15 is 0 Å². The van der Waals surface area contributed by atoms with Gasteiger partial charge in [-0.05, 0) is 44.1 Å². The Kier molecular flexibility index (Phi) is 4.15. The van der Waals surface area contributed by atoms with Crippen LogP contribution < -0.4 is 10.6 Å². The van der Waals surface area contributed by atoms with Gasteiger partial charge in [-0.2, -0.15) is 0 Å². The van der Waals surface area contributed by atoms with Crippen LogP contribution in [0.5, 0.6) is 0 Å². The molecule has 0 radical (unpaired) electrons. The first-order valence-corrected chi connectivity index (χ1v) is 6.74. The summed E-state index contributed by atoms with van der Waals surface area (Å²) >= 11 is 11.9. The number of rotatable bonds is 2. The zero-order valence-corrected chi connectivity index (χ0v) is 11.7. The predicted octanol–water partition coefficient (Wildman–Crippen LogP) is 3.32. The molecule has 0 atom stereocenters. The number of halogens is 2. The number of hydrogen-bond acceptors (Lipinski definition) is 2. The number of carbonyl (C=O) groups excluding carboxylic acids is 1. The molecule has 5 heteroatoms. The average Bonchev–Trinajstić information content (AvgIpc) is 2.33. The molecule has 0 unspecified atom stereocenters. The number of benzene rings is 1. The Morgan fingerprint density at radius 3 is 2.61 bits per heavy atom. The zero-order chi connectivity index (χ0) is 13.2. The number of anilines is 1. The molecule has 1 amide bonds. The van der Waals surface area contributed by atoms with Gasteiger partial charge in [0.25, 0.3) is 0 Å². The van der Waals surface area contributed by atoms with Gasteiger partial charge in [0.2, 0.25) is 5.91 Å². The van der Waals surface area contributed by atoms with Crippen LogP contribution >= 0.6 is 23.2 Å². The number of nitrogens with one attached hydrogen (secondary N) is 2. The highest BCUT2D eigenvalue weighted by Crippen LogP contribution is 2.32. The zero-order valence-electron chi connectivity index (χ0n) is 10.2. The second-order valence-corrected chi connectivity index (χ2v) is 5.73. The molecule has 2 rings (SSSR count). The largest absolute Gasteiger partial charge is 0.324 e. The lowest BCUT2D eigenvalue weighted by atomic mass is 9.80. The lowest BCUT2D eigenvalue weighted by Gasteiger charge is -2.32. The van der Waals surface area contributed by atoms with E-state index < -0.39 is 0 Å². The van der Waals surface area contributed by atoms with Crippen molar-refractivity contribution >= 4 is 34.8 Å². The number of hydrogen-bond donors (Lipinski definition) is 2. The topological polar surface area (TPSA) is 41.1 Å². The average molecular weight is 287 g/mol. The Morgan fingerprint density at radius 2 is 2.00 bits per heavy atom. The molecule has 1 aromatic rings. The van der Waals surface area contributed by atoms with Crippen molar-refractivity contribution in [2.45, 2.75) is 19.8 Å². The van der Waals surface area contributed by atoms with Gasteiger partial charge in [-0.3, -0.25) is 4.79 Å². The molecule has 1 aromatic carbocycles. The van der Waals surface area contributed by atoms with E-state index in [2.05, 4.69) is 10.6 Å². The van der Waals surface area contributed by atoms with Crippen molar-refractivity contribution in [2.75, 3.05) is 18.4 Å². The minimum absolute atomic E-state index is 0.0215. The Morgan fingerprint density at radius 1 is 1.33 bits per heavy atom. The lowest BCUT2D eigenvalue weighted by molar-refractivity contribution is -0.126. The molecule has 98 valence electrons. The molecule has 0 aliphatic carbocycles. The molecule has 18 heavy (non-hydrogen) atoms. The number of carbonyl (C=O) groups is 1. The van der Waals surface area contributed by atoms with Crippen LogP contribution in [0.1, 0.15) is 19.8 Å². The third-order valence-corrected chi connectivity index (χ3v) is 3.98. The van der Waals surface area contributed by atoms with Gasteiger partial charge in [0.15, 0.2) is 0 Å². The first kappa shape index (κ1) is 13.7. The maximum absolute atomic E-state index is 12.3. The molecule has 1 heterocycles. The molecule has 1 aliphatic heterocycles. The van der Waals surface area contributed by atoms with Gasteiger partial charge in [0, 0.05) is 10.4 Å². The Hall–Kier alpha value is -0.770. The van der Waals surface area contributed by atoms with E-state index in [1.54, 1.807) is 18.2 Å².